The van der Waals surface area contributed by atoms with Gasteiger partial charge in [-0.1, -0.05) is 18.2 Å². The van der Waals surface area contributed by atoms with Crippen LogP contribution >= 0.6 is 0 Å². The Kier molecular flexibility index (Phi) is 5.20. The molecule has 0 spiro atoms. The molecule has 2 aromatic carbocycles. The lowest BCUT2D eigenvalue weighted by atomic mass is 9.99. The number of benzene rings is 2. The van der Waals surface area contributed by atoms with Gasteiger partial charge in [-0.3, -0.25) is 14.6 Å². The maximum Gasteiger partial charge on any atom is 0.231 e. The first-order valence-corrected chi connectivity index (χ1v) is 11.0. The Hall–Kier alpha value is -2.83. The second-order valence-electron chi connectivity index (χ2n) is 8.71. The minimum Gasteiger partial charge on any atom is -0.454 e. The lowest BCUT2D eigenvalue weighted by Gasteiger charge is -2.37. The van der Waals surface area contributed by atoms with E-state index in [0.717, 1.165) is 66.4 Å². The SMILES string of the molecule is Cc1ccc2c(C(=O)[C@@H](C)N3CCN(Cc4ccc5c(c4)OCO5)CC3)c(C)[nH]c2c1. The fourth-order valence-corrected chi connectivity index (χ4v) is 4.74. The average Bonchev–Trinajstić information content (AvgIpc) is 3.35. The summed E-state index contributed by atoms with van der Waals surface area (Å²) < 4.78 is 10.9. The molecule has 6 nitrogen and oxygen atoms in total. The maximum absolute atomic E-state index is 13.4. The summed E-state index contributed by atoms with van der Waals surface area (Å²) in [6.45, 7) is 11.0. The maximum atomic E-state index is 13.4. The highest BCUT2D eigenvalue weighted by Gasteiger charge is 2.29. The molecule has 1 saturated heterocycles. The molecule has 2 aliphatic heterocycles. The highest BCUT2D eigenvalue weighted by Crippen LogP contribution is 2.33. The number of Topliss-reactive ketones (excluding diaryl/α,β-unsaturated/α-hetero) is 1. The van der Waals surface area contributed by atoms with Crippen molar-refractivity contribution >= 4 is 16.7 Å². The molecule has 3 aromatic rings. The smallest absolute Gasteiger partial charge is 0.231 e. The van der Waals surface area contributed by atoms with E-state index in [1.165, 1.54) is 11.1 Å². The van der Waals surface area contributed by atoms with Crippen molar-refractivity contribution in [1.82, 2.24) is 14.8 Å². The van der Waals surface area contributed by atoms with Crippen LogP contribution in [-0.4, -0.2) is 59.6 Å². The van der Waals surface area contributed by atoms with Gasteiger partial charge in [-0.05, 0) is 50.1 Å². The molecule has 3 heterocycles. The van der Waals surface area contributed by atoms with Crippen LogP contribution in [0.25, 0.3) is 10.9 Å². The van der Waals surface area contributed by atoms with Gasteiger partial charge in [0.05, 0.1) is 6.04 Å². The summed E-state index contributed by atoms with van der Waals surface area (Å²) in [7, 11) is 0. The number of carbonyl (C=O) groups excluding carboxylic acids is 1. The Bertz CT molecular complexity index is 1130. The van der Waals surface area contributed by atoms with Crippen LogP contribution < -0.4 is 9.47 Å². The van der Waals surface area contributed by atoms with Crippen molar-refractivity contribution in [2.75, 3.05) is 33.0 Å². The Morgan fingerprint density at radius 3 is 2.61 bits per heavy atom. The van der Waals surface area contributed by atoms with Crippen LogP contribution in [0.2, 0.25) is 0 Å². The predicted octanol–water partition coefficient (Wildman–Crippen LogP) is 3.90. The first-order chi connectivity index (χ1) is 15.0. The monoisotopic (exact) mass is 419 g/mol. The highest BCUT2D eigenvalue weighted by molar-refractivity contribution is 6.11. The number of ether oxygens (including phenoxy) is 2. The number of aryl methyl sites for hydroxylation is 2. The van der Waals surface area contributed by atoms with Gasteiger partial charge in [-0.2, -0.15) is 0 Å². The molecule has 31 heavy (non-hydrogen) atoms. The van der Waals surface area contributed by atoms with Gasteiger partial charge in [0.15, 0.2) is 17.3 Å². The third-order valence-electron chi connectivity index (χ3n) is 6.57. The molecule has 1 atom stereocenters. The molecule has 1 aromatic heterocycles. The number of aromatic nitrogens is 1. The number of carbonyl (C=O) groups is 1. The summed E-state index contributed by atoms with van der Waals surface area (Å²) in [6, 6.07) is 12.3. The first-order valence-electron chi connectivity index (χ1n) is 11.0. The molecule has 2 aliphatic rings. The van der Waals surface area contributed by atoms with E-state index < -0.39 is 0 Å². The molecule has 5 rings (SSSR count). The summed E-state index contributed by atoms with van der Waals surface area (Å²) in [5.74, 6) is 1.86. The van der Waals surface area contributed by atoms with Crippen molar-refractivity contribution in [2.24, 2.45) is 0 Å². The van der Waals surface area contributed by atoms with Crippen LogP contribution in [0.1, 0.15) is 34.1 Å². The van der Waals surface area contributed by atoms with Crippen LogP contribution in [0.5, 0.6) is 11.5 Å². The first kappa shape index (κ1) is 20.1. The van der Waals surface area contributed by atoms with Crippen molar-refractivity contribution in [3.63, 3.8) is 0 Å². The number of hydrogen-bond donors (Lipinski definition) is 1. The van der Waals surface area contributed by atoms with Gasteiger partial charge in [0.1, 0.15) is 0 Å². The number of rotatable bonds is 5. The van der Waals surface area contributed by atoms with E-state index in [4.69, 9.17) is 9.47 Å². The number of fused-ring (bicyclic) bond motifs is 2. The topological polar surface area (TPSA) is 57.8 Å². The van der Waals surface area contributed by atoms with Crippen LogP contribution in [0.3, 0.4) is 0 Å². The van der Waals surface area contributed by atoms with Gasteiger partial charge in [0, 0.05) is 54.9 Å². The molecule has 0 aliphatic carbocycles. The van der Waals surface area contributed by atoms with Gasteiger partial charge in [0.25, 0.3) is 0 Å². The molecule has 0 saturated carbocycles. The highest BCUT2D eigenvalue weighted by atomic mass is 16.7. The minimum absolute atomic E-state index is 0.133. The summed E-state index contributed by atoms with van der Waals surface area (Å²) >= 11 is 0. The van der Waals surface area contributed by atoms with Gasteiger partial charge >= 0.3 is 0 Å². The lowest BCUT2D eigenvalue weighted by molar-refractivity contribution is 0.0688. The molecule has 1 fully saturated rings. The number of piperazine rings is 1. The zero-order valence-electron chi connectivity index (χ0n) is 18.4. The van der Waals surface area contributed by atoms with Crippen LogP contribution in [0.15, 0.2) is 36.4 Å². The second kappa shape index (κ2) is 8.02. The summed E-state index contributed by atoms with van der Waals surface area (Å²) in [6.07, 6.45) is 0. The molecule has 0 amide bonds. The molecule has 0 bridgehead atoms. The van der Waals surface area contributed by atoms with E-state index in [1.54, 1.807) is 0 Å². The standard InChI is InChI=1S/C25H29N3O3/c1-16-4-6-20-21(12-16)26-17(2)24(20)25(29)18(3)28-10-8-27(9-11-28)14-19-5-7-22-23(13-19)31-15-30-22/h4-7,12-13,18,26H,8-11,14-15H2,1-3H3/t18-/m1/s1. The normalized spacial score (nSPS) is 17.9. The van der Waals surface area contributed by atoms with Crippen LogP contribution in [0, 0.1) is 13.8 Å². The third kappa shape index (κ3) is 3.82. The van der Waals surface area contributed by atoms with Gasteiger partial charge in [-0.15, -0.1) is 0 Å². The Morgan fingerprint density at radius 2 is 1.81 bits per heavy atom. The Morgan fingerprint density at radius 1 is 1.03 bits per heavy atom. The summed E-state index contributed by atoms with van der Waals surface area (Å²) in [5.41, 5.74) is 5.26. The van der Waals surface area contributed by atoms with Crippen molar-refractivity contribution in [2.45, 2.75) is 33.4 Å². The fourth-order valence-electron chi connectivity index (χ4n) is 4.74. The largest absolute Gasteiger partial charge is 0.454 e. The zero-order chi connectivity index (χ0) is 21.5. The van der Waals surface area contributed by atoms with E-state index in [2.05, 4.69) is 52.0 Å². The minimum atomic E-state index is -0.133. The number of hydrogen-bond acceptors (Lipinski definition) is 5. The van der Waals surface area contributed by atoms with Gasteiger partial charge in [0.2, 0.25) is 6.79 Å². The van der Waals surface area contributed by atoms with E-state index in [-0.39, 0.29) is 11.8 Å². The van der Waals surface area contributed by atoms with Gasteiger partial charge < -0.3 is 14.5 Å². The second-order valence-corrected chi connectivity index (χ2v) is 8.71. The predicted molar refractivity (Wildman–Crippen MR) is 121 cm³/mol. The number of nitrogens with zero attached hydrogens (tertiary/aromatic N) is 2. The fraction of sp³-hybridized carbons (Fsp3) is 0.400. The quantitative estimate of drug-likeness (QED) is 0.636. The lowest BCUT2D eigenvalue weighted by Crippen LogP contribution is -2.51. The van der Waals surface area contributed by atoms with Crippen molar-refractivity contribution in [3.8, 4) is 11.5 Å². The number of H-pyrrole nitrogens is 1. The van der Waals surface area contributed by atoms with Crippen molar-refractivity contribution in [3.05, 3.63) is 58.8 Å². The number of nitrogens with one attached hydrogen (secondary N) is 1. The summed E-state index contributed by atoms with van der Waals surface area (Å²) in [5, 5.41) is 1.03. The third-order valence-corrected chi connectivity index (χ3v) is 6.57. The van der Waals surface area contributed by atoms with E-state index in [9.17, 15) is 4.79 Å². The molecular weight excluding hydrogens is 390 g/mol. The van der Waals surface area contributed by atoms with Crippen molar-refractivity contribution < 1.29 is 14.3 Å². The Labute approximate surface area is 182 Å². The van der Waals surface area contributed by atoms with Gasteiger partial charge in [-0.25, -0.2) is 0 Å². The van der Waals surface area contributed by atoms with E-state index in [0.29, 0.717) is 6.79 Å². The molecule has 0 unspecified atom stereocenters. The van der Waals surface area contributed by atoms with Crippen LogP contribution in [-0.2, 0) is 6.54 Å². The zero-order valence-corrected chi connectivity index (χ0v) is 18.4. The molecule has 0 radical (unpaired) electrons. The molecule has 6 heteroatoms. The van der Waals surface area contributed by atoms with E-state index in [1.807, 2.05) is 19.9 Å². The van der Waals surface area contributed by atoms with Crippen LogP contribution in [0.4, 0.5) is 0 Å². The molecule has 162 valence electrons. The Balaban J connectivity index is 1.23. The van der Waals surface area contributed by atoms with E-state index >= 15 is 0 Å². The number of aromatic amines is 1. The number of ketones is 1. The molecular formula is C25H29N3O3. The summed E-state index contributed by atoms with van der Waals surface area (Å²) in [4.78, 5) is 21.5. The average molecular weight is 420 g/mol. The van der Waals surface area contributed by atoms with Crippen molar-refractivity contribution in [1.29, 1.82) is 0 Å². The molecule has 1 N–H and O–H groups in total.